The molecule has 0 bridgehead atoms. The predicted octanol–water partition coefficient (Wildman–Crippen LogP) is 2.61. The van der Waals surface area contributed by atoms with E-state index in [0.29, 0.717) is 11.3 Å². The van der Waals surface area contributed by atoms with Crippen LogP contribution in [0.25, 0.3) is 0 Å². The Balaban J connectivity index is 2.30. The first-order chi connectivity index (χ1) is 8.31. The van der Waals surface area contributed by atoms with Crippen molar-refractivity contribution in [1.82, 2.24) is 4.98 Å². The van der Waals surface area contributed by atoms with E-state index in [-0.39, 0.29) is 5.97 Å². The summed E-state index contributed by atoms with van der Waals surface area (Å²) in [4.78, 5) is 15.5. The zero-order valence-electron chi connectivity index (χ0n) is 9.38. The molecular weight excluding hydrogens is 216 g/mol. The highest BCUT2D eigenvalue weighted by atomic mass is 16.5. The summed E-state index contributed by atoms with van der Waals surface area (Å²) < 4.78 is 4.71. The molecule has 0 atom stereocenters. The number of methoxy groups -OCH3 is 1. The van der Waals surface area contributed by atoms with Crippen molar-refractivity contribution in [2.24, 2.45) is 0 Å². The summed E-state index contributed by atoms with van der Waals surface area (Å²) >= 11 is 0. The average molecular weight is 228 g/mol. The van der Waals surface area contributed by atoms with Crippen molar-refractivity contribution in [2.75, 3.05) is 12.4 Å². The van der Waals surface area contributed by atoms with Crippen LogP contribution in [0.4, 0.5) is 11.4 Å². The van der Waals surface area contributed by atoms with Gasteiger partial charge in [-0.15, -0.1) is 0 Å². The first kappa shape index (κ1) is 11.1. The molecule has 1 heterocycles. The summed E-state index contributed by atoms with van der Waals surface area (Å²) in [6.07, 6.45) is 3.15. The quantitative estimate of drug-likeness (QED) is 0.820. The molecule has 0 aliphatic carbocycles. The number of nitrogens with zero attached hydrogens (tertiary/aromatic N) is 1. The predicted molar refractivity (Wildman–Crippen MR) is 65.3 cm³/mol. The second kappa shape index (κ2) is 5.12. The third-order valence-electron chi connectivity index (χ3n) is 2.28. The van der Waals surface area contributed by atoms with Gasteiger partial charge in [-0.05, 0) is 18.2 Å². The standard InChI is InChI=1S/C13H12N2O2/c1-17-13(16)11-7-8-14-9-12(11)15-10-5-3-2-4-6-10/h2-9,15H,1H3. The normalized spacial score (nSPS) is 9.71. The molecule has 0 unspecified atom stereocenters. The maximum atomic E-state index is 11.5. The Morgan fingerprint density at radius 3 is 2.71 bits per heavy atom. The lowest BCUT2D eigenvalue weighted by molar-refractivity contribution is 0.0602. The summed E-state index contributed by atoms with van der Waals surface area (Å²) in [5, 5.41) is 3.12. The first-order valence-corrected chi connectivity index (χ1v) is 5.15. The third kappa shape index (κ3) is 2.60. The number of ether oxygens (including phenoxy) is 1. The molecule has 0 saturated carbocycles. The Morgan fingerprint density at radius 1 is 1.24 bits per heavy atom. The molecule has 1 aromatic carbocycles. The molecule has 2 aromatic rings. The molecule has 4 nitrogen and oxygen atoms in total. The largest absolute Gasteiger partial charge is 0.465 e. The molecule has 1 aromatic heterocycles. The van der Waals surface area contributed by atoms with E-state index in [2.05, 4.69) is 10.3 Å². The van der Waals surface area contributed by atoms with E-state index in [0.717, 1.165) is 5.69 Å². The number of aromatic nitrogens is 1. The van der Waals surface area contributed by atoms with Crippen molar-refractivity contribution in [3.05, 3.63) is 54.4 Å². The van der Waals surface area contributed by atoms with E-state index in [1.807, 2.05) is 30.3 Å². The maximum absolute atomic E-state index is 11.5. The summed E-state index contributed by atoms with van der Waals surface area (Å²) in [6.45, 7) is 0. The van der Waals surface area contributed by atoms with Gasteiger partial charge in [0, 0.05) is 11.9 Å². The monoisotopic (exact) mass is 228 g/mol. The van der Waals surface area contributed by atoms with Gasteiger partial charge in [-0.2, -0.15) is 0 Å². The number of esters is 1. The highest BCUT2D eigenvalue weighted by Gasteiger charge is 2.11. The molecule has 0 spiro atoms. The Morgan fingerprint density at radius 2 is 2.00 bits per heavy atom. The number of carbonyl (C=O) groups excluding carboxylic acids is 1. The fourth-order valence-electron chi connectivity index (χ4n) is 1.46. The van der Waals surface area contributed by atoms with Crippen molar-refractivity contribution in [1.29, 1.82) is 0 Å². The number of nitrogens with one attached hydrogen (secondary N) is 1. The zero-order chi connectivity index (χ0) is 12.1. The van der Waals surface area contributed by atoms with Gasteiger partial charge in [0.05, 0.1) is 24.6 Å². The van der Waals surface area contributed by atoms with Crippen LogP contribution in [0, 0.1) is 0 Å². The van der Waals surface area contributed by atoms with Gasteiger partial charge in [0.25, 0.3) is 0 Å². The molecule has 2 rings (SSSR count). The number of anilines is 2. The van der Waals surface area contributed by atoms with E-state index < -0.39 is 0 Å². The van der Waals surface area contributed by atoms with Gasteiger partial charge < -0.3 is 10.1 Å². The minimum atomic E-state index is -0.383. The molecule has 17 heavy (non-hydrogen) atoms. The van der Waals surface area contributed by atoms with Gasteiger partial charge in [-0.25, -0.2) is 4.79 Å². The fourth-order valence-corrected chi connectivity index (χ4v) is 1.46. The minimum absolute atomic E-state index is 0.383. The molecule has 4 heteroatoms. The Labute approximate surface area is 99.3 Å². The number of hydrogen-bond donors (Lipinski definition) is 1. The average Bonchev–Trinajstić information content (AvgIpc) is 2.40. The Bertz CT molecular complexity index is 512. The number of hydrogen-bond acceptors (Lipinski definition) is 4. The Hall–Kier alpha value is -2.36. The van der Waals surface area contributed by atoms with Crippen molar-refractivity contribution in [3.8, 4) is 0 Å². The zero-order valence-corrected chi connectivity index (χ0v) is 9.38. The van der Waals surface area contributed by atoms with Crippen LogP contribution in [-0.2, 0) is 4.74 Å². The molecule has 1 N–H and O–H groups in total. The third-order valence-corrected chi connectivity index (χ3v) is 2.28. The van der Waals surface area contributed by atoms with Gasteiger partial charge in [0.1, 0.15) is 0 Å². The summed E-state index contributed by atoms with van der Waals surface area (Å²) in [5.41, 5.74) is 1.99. The lowest BCUT2D eigenvalue weighted by Gasteiger charge is -2.09. The van der Waals surface area contributed by atoms with E-state index in [1.54, 1.807) is 18.5 Å². The molecule has 0 aliphatic heterocycles. The van der Waals surface area contributed by atoms with Crippen molar-refractivity contribution in [3.63, 3.8) is 0 Å². The van der Waals surface area contributed by atoms with Gasteiger partial charge in [-0.1, -0.05) is 18.2 Å². The highest BCUT2D eigenvalue weighted by Crippen LogP contribution is 2.19. The summed E-state index contributed by atoms with van der Waals surface area (Å²) in [5.74, 6) is -0.383. The molecule has 0 radical (unpaired) electrons. The summed E-state index contributed by atoms with van der Waals surface area (Å²) in [7, 11) is 1.36. The topological polar surface area (TPSA) is 51.2 Å². The van der Waals surface area contributed by atoms with E-state index >= 15 is 0 Å². The number of carbonyl (C=O) groups is 1. The minimum Gasteiger partial charge on any atom is -0.465 e. The van der Waals surface area contributed by atoms with Crippen molar-refractivity contribution in [2.45, 2.75) is 0 Å². The maximum Gasteiger partial charge on any atom is 0.340 e. The summed E-state index contributed by atoms with van der Waals surface area (Å²) in [6, 6.07) is 11.2. The van der Waals surface area contributed by atoms with E-state index in [4.69, 9.17) is 4.74 Å². The molecule has 0 amide bonds. The molecule has 0 saturated heterocycles. The fraction of sp³-hybridized carbons (Fsp3) is 0.0769. The molecule has 0 aliphatic rings. The van der Waals surface area contributed by atoms with E-state index in [9.17, 15) is 4.79 Å². The van der Waals surface area contributed by atoms with Crippen LogP contribution in [0.15, 0.2) is 48.8 Å². The number of rotatable bonds is 3. The number of para-hydroxylation sites is 1. The second-order valence-electron chi connectivity index (χ2n) is 3.40. The molecule has 86 valence electrons. The number of pyridine rings is 1. The smallest absolute Gasteiger partial charge is 0.340 e. The SMILES string of the molecule is COC(=O)c1ccncc1Nc1ccccc1. The number of benzene rings is 1. The molecular formula is C13H12N2O2. The van der Waals surface area contributed by atoms with Crippen LogP contribution < -0.4 is 5.32 Å². The van der Waals surface area contributed by atoms with Gasteiger partial charge in [0.2, 0.25) is 0 Å². The first-order valence-electron chi connectivity index (χ1n) is 5.15. The lowest BCUT2D eigenvalue weighted by atomic mass is 10.2. The van der Waals surface area contributed by atoms with Crippen molar-refractivity contribution < 1.29 is 9.53 Å². The highest BCUT2D eigenvalue weighted by molar-refractivity contribution is 5.96. The van der Waals surface area contributed by atoms with Crippen LogP contribution >= 0.6 is 0 Å². The van der Waals surface area contributed by atoms with Crippen molar-refractivity contribution >= 4 is 17.3 Å². The van der Waals surface area contributed by atoms with Gasteiger partial charge in [-0.3, -0.25) is 4.98 Å². The second-order valence-corrected chi connectivity index (χ2v) is 3.40. The molecule has 0 fully saturated rings. The van der Waals surface area contributed by atoms with E-state index in [1.165, 1.54) is 7.11 Å². The van der Waals surface area contributed by atoms with Gasteiger partial charge >= 0.3 is 5.97 Å². The van der Waals surface area contributed by atoms with Crippen LogP contribution in [0.5, 0.6) is 0 Å². The lowest BCUT2D eigenvalue weighted by Crippen LogP contribution is -2.05. The van der Waals surface area contributed by atoms with Crippen LogP contribution in [0.1, 0.15) is 10.4 Å². The van der Waals surface area contributed by atoms with Gasteiger partial charge in [0.15, 0.2) is 0 Å². The van der Waals surface area contributed by atoms with Crippen LogP contribution in [-0.4, -0.2) is 18.1 Å². The van der Waals surface area contributed by atoms with Crippen LogP contribution in [0.3, 0.4) is 0 Å². The van der Waals surface area contributed by atoms with Crippen LogP contribution in [0.2, 0.25) is 0 Å². The Kier molecular flexibility index (Phi) is 3.35.